The number of hydrogen-bond donors (Lipinski definition) is 1. The van der Waals surface area contributed by atoms with E-state index in [-0.39, 0.29) is 11.7 Å². The van der Waals surface area contributed by atoms with E-state index in [1.54, 1.807) is 18.5 Å². The molecule has 5 nitrogen and oxygen atoms in total. The predicted octanol–water partition coefficient (Wildman–Crippen LogP) is 1.99. The molecule has 1 aromatic heterocycles. The molecule has 0 bridgehead atoms. The molecule has 1 unspecified atom stereocenters. The van der Waals surface area contributed by atoms with Gasteiger partial charge in [0, 0.05) is 25.2 Å². The van der Waals surface area contributed by atoms with Gasteiger partial charge in [0.15, 0.2) is 5.78 Å². The number of aromatic nitrogens is 1. The third-order valence-electron chi connectivity index (χ3n) is 3.29. The lowest BCUT2D eigenvalue weighted by atomic mass is 9.85. The predicted molar refractivity (Wildman–Crippen MR) is 63.2 cm³/mol. The first kappa shape index (κ1) is 11.0. The summed E-state index contributed by atoms with van der Waals surface area (Å²) in [5.41, 5.74) is 1.44. The second kappa shape index (κ2) is 4.25. The highest BCUT2D eigenvalue weighted by Crippen LogP contribution is 2.41. The fourth-order valence-corrected chi connectivity index (χ4v) is 2.51. The highest BCUT2D eigenvalue weighted by Gasteiger charge is 2.40. The highest BCUT2D eigenvalue weighted by molar-refractivity contribution is 6.07. The molecule has 5 heteroatoms. The Morgan fingerprint density at radius 3 is 3.06 bits per heavy atom. The Balaban J connectivity index is 2.10. The Labute approximate surface area is 104 Å². The summed E-state index contributed by atoms with van der Waals surface area (Å²) in [6.07, 6.45) is 5.36. The van der Waals surface area contributed by atoms with Crippen molar-refractivity contribution in [2.24, 2.45) is 5.16 Å². The maximum Gasteiger partial charge on any atom is 0.243 e. The monoisotopic (exact) mass is 244 g/mol. The van der Waals surface area contributed by atoms with Crippen LogP contribution < -0.4 is 0 Å². The fraction of sp³-hybridized carbons (Fsp3) is 0.308. The van der Waals surface area contributed by atoms with Gasteiger partial charge in [-0.3, -0.25) is 9.78 Å². The van der Waals surface area contributed by atoms with Crippen LogP contribution in [0.3, 0.4) is 0 Å². The Bertz CT molecular complexity index is 549. The second-order valence-corrected chi connectivity index (χ2v) is 4.37. The maximum atomic E-state index is 12.0. The molecule has 0 spiro atoms. The van der Waals surface area contributed by atoms with Crippen molar-refractivity contribution in [2.75, 3.05) is 0 Å². The molecule has 1 aliphatic heterocycles. The topological polar surface area (TPSA) is 71.8 Å². The van der Waals surface area contributed by atoms with Gasteiger partial charge in [0.25, 0.3) is 0 Å². The largest absolute Gasteiger partial charge is 0.443 e. The van der Waals surface area contributed by atoms with Crippen molar-refractivity contribution >= 4 is 11.7 Å². The molecule has 1 atom stereocenters. The summed E-state index contributed by atoms with van der Waals surface area (Å²) in [5, 5.41) is 12.2. The van der Waals surface area contributed by atoms with Crippen LogP contribution >= 0.6 is 0 Å². The number of allylic oxidation sites excluding steroid dienone is 1. The number of oxime groups is 1. The third kappa shape index (κ3) is 1.59. The smallest absolute Gasteiger partial charge is 0.243 e. The highest BCUT2D eigenvalue weighted by atomic mass is 16.5. The first-order valence-electron chi connectivity index (χ1n) is 5.87. The minimum Gasteiger partial charge on any atom is -0.443 e. The standard InChI is InChI=1S/C13H12N2O3/c16-9-4-1-5-10-12(9)11(13(15-17)18-10)8-3-2-6-14-7-8/h2-3,6-7,11,17H,1,4-5H2. The van der Waals surface area contributed by atoms with E-state index in [0.29, 0.717) is 17.8 Å². The molecular weight excluding hydrogens is 232 g/mol. The molecule has 1 aromatic rings. The van der Waals surface area contributed by atoms with Crippen molar-refractivity contribution in [1.82, 2.24) is 4.98 Å². The number of pyridine rings is 1. The van der Waals surface area contributed by atoms with Crippen LogP contribution in [0.15, 0.2) is 41.0 Å². The molecule has 2 aliphatic rings. The van der Waals surface area contributed by atoms with Crippen LogP contribution in [0, 0.1) is 0 Å². The average Bonchev–Trinajstić information content (AvgIpc) is 2.79. The minimum atomic E-state index is -0.411. The first-order valence-corrected chi connectivity index (χ1v) is 5.87. The van der Waals surface area contributed by atoms with E-state index in [1.807, 2.05) is 6.07 Å². The van der Waals surface area contributed by atoms with Crippen LogP contribution in [-0.2, 0) is 9.53 Å². The van der Waals surface area contributed by atoms with Crippen molar-refractivity contribution in [3.05, 3.63) is 41.4 Å². The number of carbonyl (C=O) groups excluding carboxylic acids is 1. The molecule has 0 radical (unpaired) electrons. The van der Waals surface area contributed by atoms with Crippen LogP contribution in [0.2, 0.25) is 0 Å². The maximum absolute atomic E-state index is 12.0. The molecular formula is C13H12N2O3. The zero-order valence-electron chi connectivity index (χ0n) is 9.67. The van der Waals surface area contributed by atoms with Gasteiger partial charge in [-0.25, -0.2) is 0 Å². The van der Waals surface area contributed by atoms with E-state index in [2.05, 4.69) is 10.1 Å². The third-order valence-corrected chi connectivity index (χ3v) is 3.29. The molecule has 0 fully saturated rings. The van der Waals surface area contributed by atoms with E-state index in [4.69, 9.17) is 9.94 Å². The Morgan fingerprint density at radius 2 is 2.33 bits per heavy atom. The lowest BCUT2D eigenvalue weighted by Crippen LogP contribution is -2.16. The lowest BCUT2D eigenvalue weighted by Gasteiger charge is -2.14. The van der Waals surface area contributed by atoms with E-state index in [1.165, 1.54) is 0 Å². The first-order chi connectivity index (χ1) is 8.81. The zero-order valence-corrected chi connectivity index (χ0v) is 9.67. The van der Waals surface area contributed by atoms with Gasteiger partial charge < -0.3 is 9.94 Å². The van der Waals surface area contributed by atoms with E-state index in [0.717, 1.165) is 18.4 Å². The summed E-state index contributed by atoms with van der Waals surface area (Å²) in [7, 11) is 0. The second-order valence-electron chi connectivity index (χ2n) is 4.37. The molecule has 0 amide bonds. The van der Waals surface area contributed by atoms with Crippen molar-refractivity contribution in [2.45, 2.75) is 25.2 Å². The van der Waals surface area contributed by atoms with E-state index < -0.39 is 5.92 Å². The number of rotatable bonds is 1. The molecule has 0 saturated heterocycles. The average molecular weight is 244 g/mol. The van der Waals surface area contributed by atoms with Gasteiger partial charge in [0.2, 0.25) is 5.90 Å². The number of nitrogens with zero attached hydrogens (tertiary/aromatic N) is 2. The molecule has 2 heterocycles. The SMILES string of the molecule is O=C1CCCC2=C1C(c1cccnc1)C(=NO)O2. The molecule has 1 N–H and O–H groups in total. The van der Waals surface area contributed by atoms with Crippen molar-refractivity contribution in [1.29, 1.82) is 0 Å². The Morgan fingerprint density at radius 1 is 1.44 bits per heavy atom. The Kier molecular flexibility index (Phi) is 2.59. The number of ketones is 1. The van der Waals surface area contributed by atoms with Crippen LogP contribution in [-0.4, -0.2) is 21.9 Å². The fourth-order valence-electron chi connectivity index (χ4n) is 2.51. The summed E-state index contributed by atoms with van der Waals surface area (Å²) in [6.45, 7) is 0. The van der Waals surface area contributed by atoms with Crippen molar-refractivity contribution in [3.8, 4) is 0 Å². The molecule has 92 valence electrons. The van der Waals surface area contributed by atoms with E-state index in [9.17, 15) is 4.79 Å². The summed E-state index contributed by atoms with van der Waals surface area (Å²) >= 11 is 0. The van der Waals surface area contributed by atoms with Crippen LogP contribution in [0.4, 0.5) is 0 Å². The van der Waals surface area contributed by atoms with Crippen LogP contribution in [0.1, 0.15) is 30.7 Å². The number of carbonyl (C=O) groups is 1. The summed E-state index contributed by atoms with van der Waals surface area (Å²) in [6, 6.07) is 3.64. The quantitative estimate of drug-likeness (QED) is 0.605. The number of hydrogen-bond acceptors (Lipinski definition) is 5. The number of Topliss-reactive ketones (excluding diaryl/α,β-unsaturated/α-hetero) is 1. The van der Waals surface area contributed by atoms with Gasteiger partial charge in [0.1, 0.15) is 5.76 Å². The van der Waals surface area contributed by atoms with Gasteiger partial charge in [-0.05, 0) is 18.1 Å². The van der Waals surface area contributed by atoms with Gasteiger partial charge in [0.05, 0.1) is 11.5 Å². The minimum absolute atomic E-state index is 0.0729. The van der Waals surface area contributed by atoms with E-state index >= 15 is 0 Å². The zero-order chi connectivity index (χ0) is 12.5. The van der Waals surface area contributed by atoms with Crippen LogP contribution in [0.25, 0.3) is 0 Å². The van der Waals surface area contributed by atoms with Crippen molar-refractivity contribution < 1.29 is 14.7 Å². The summed E-state index contributed by atoms with van der Waals surface area (Å²) < 4.78 is 5.48. The molecule has 3 rings (SSSR count). The van der Waals surface area contributed by atoms with Gasteiger partial charge in [-0.15, -0.1) is 0 Å². The molecule has 18 heavy (non-hydrogen) atoms. The van der Waals surface area contributed by atoms with Crippen molar-refractivity contribution in [3.63, 3.8) is 0 Å². The lowest BCUT2D eigenvalue weighted by molar-refractivity contribution is -0.116. The van der Waals surface area contributed by atoms with Gasteiger partial charge >= 0.3 is 0 Å². The molecule has 0 saturated carbocycles. The van der Waals surface area contributed by atoms with Gasteiger partial charge in [-0.1, -0.05) is 11.2 Å². The number of ether oxygens (including phenoxy) is 1. The normalized spacial score (nSPS) is 25.2. The molecule has 1 aliphatic carbocycles. The summed E-state index contributed by atoms with van der Waals surface area (Å²) in [4.78, 5) is 16.1. The summed E-state index contributed by atoms with van der Waals surface area (Å²) in [5.74, 6) is 0.478. The van der Waals surface area contributed by atoms with Gasteiger partial charge in [-0.2, -0.15) is 0 Å². The van der Waals surface area contributed by atoms with Crippen LogP contribution in [0.5, 0.6) is 0 Å². The molecule has 0 aromatic carbocycles. The Hall–Kier alpha value is -2.17.